The third-order valence-electron chi connectivity index (χ3n) is 2.29. The summed E-state index contributed by atoms with van der Waals surface area (Å²) < 4.78 is 31.3. The van der Waals surface area contributed by atoms with Gasteiger partial charge in [0.2, 0.25) is 0 Å². The predicted octanol–water partition coefficient (Wildman–Crippen LogP) is 2.18. The van der Waals surface area contributed by atoms with Crippen LogP contribution in [0.25, 0.3) is 0 Å². The first-order valence-electron chi connectivity index (χ1n) is 5.53. The van der Waals surface area contributed by atoms with E-state index >= 15 is 0 Å². The normalized spacial score (nSPS) is 12.7. The van der Waals surface area contributed by atoms with Crippen molar-refractivity contribution in [3.05, 3.63) is 29.3 Å². The lowest BCUT2D eigenvalue weighted by atomic mass is 10.2. The highest BCUT2D eigenvalue weighted by Crippen LogP contribution is 2.21. The first kappa shape index (κ1) is 13.9. The fourth-order valence-electron chi connectivity index (χ4n) is 1.48. The summed E-state index contributed by atoms with van der Waals surface area (Å²) in [5, 5.41) is 11.9. The maximum atomic E-state index is 13.0. The van der Waals surface area contributed by atoms with Crippen LogP contribution in [0.4, 0.5) is 8.78 Å². The molecule has 0 spiro atoms. The lowest BCUT2D eigenvalue weighted by Crippen LogP contribution is -2.26. The maximum absolute atomic E-state index is 13.0. The van der Waals surface area contributed by atoms with E-state index in [1.54, 1.807) is 0 Å². The molecular weight excluding hydrogens is 228 g/mol. The van der Waals surface area contributed by atoms with E-state index in [1.165, 1.54) is 0 Å². The fourth-order valence-corrected chi connectivity index (χ4v) is 1.48. The van der Waals surface area contributed by atoms with E-state index in [0.717, 1.165) is 12.1 Å². The van der Waals surface area contributed by atoms with E-state index in [-0.39, 0.29) is 6.10 Å². The van der Waals surface area contributed by atoms with Gasteiger partial charge in [0.25, 0.3) is 0 Å². The minimum atomic E-state index is -0.945. The van der Waals surface area contributed by atoms with Gasteiger partial charge in [-0.1, -0.05) is 0 Å². The standard InChI is InChI=1S/C12H17F2NO2/c1-3-17-8(2)6-15-7-9-4-10(13)12(16)11(14)5-9/h4-5,8,15-16H,3,6-7H2,1-2H3. The molecule has 0 fully saturated rings. The second-order valence-corrected chi connectivity index (χ2v) is 3.80. The molecule has 0 heterocycles. The topological polar surface area (TPSA) is 41.5 Å². The van der Waals surface area contributed by atoms with Crippen LogP contribution in [-0.4, -0.2) is 24.4 Å². The van der Waals surface area contributed by atoms with Crippen LogP contribution in [0.2, 0.25) is 0 Å². The molecule has 5 heteroatoms. The van der Waals surface area contributed by atoms with Crippen LogP contribution < -0.4 is 5.32 Å². The van der Waals surface area contributed by atoms with Gasteiger partial charge in [-0.25, -0.2) is 8.78 Å². The van der Waals surface area contributed by atoms with E-state index in [4.69, 9.17) is 9.84 Å². The summed E-state index contributed by atoms with van der Waals surface area (Å²) in [7, 11) is 0. The molecule has 17 heavy (non-hydrogen) atoms. The SMILES string of the molecule is CCOC(C)CNCc1cc(F)c(O)c(F)c1. The predicted molar refractivity (Wildman–Crippen MR) is 60.8 cm³/mol. The average molecular weight is 245 g/mol. The zero-order chi connectivity index (χ0) is 12.8. The monoisotopic (exact) mass is 245 g/mol. The molecule has 1 unspecified atom stereocenters. The highest BCUT2D eigenvalue weighted by Gasteiger charge is 2.09. The van der Waals surface area contributed by atoms with Gasteiger partial charge in [-0.2, -0.15) is 0 Å². The second-order valence-electron chi connectivity index (χ2n) is 3.80. The first-order valence-corrected chi connectivity index (χ1v) is 5.53. The molecule has 0 radical (unpaired) electrons. The quantitative estimate of drug-likeness (QED) is 0.807. The minimum absolute atomic E-state index is 0.0480. The number of hydrogen-bond donors (Lipinski definition) is 2. The molecule has 0 amide bonds. The van der Waals surface area contributed by atoms with Crippen LogP contribution in [-0.2, 0) is 11.3 Å². The highest BCUT2D eigenvalue weighted by atomic mass is 19.1. The fraction of sp³-hybridized carbons (Fsp3) is 0.500. The van der Waals surface area contributed by atoms with Crippen molar-refractivity contribution in [1.29, 1.82) is 0 Å². The molecular formula is C12H17F2NO2. The summed E-state index contributed by atoms with van der Waals surface area (Å²) in [4.78, 5) is 0. The summed E-state index contributed by atoms with van der Waals surface area (Å²) in [5.41, 5.74) is 0.446. The number of rotatable bonds is 6. The van der Waals surface area contributed by atoms with Gasteiger partial charge in [-0.3, -0.25) is 0 Å². The Morgan fingerprint density at radius 1 is 1.35 bits per heavy atom. The number of phenols is 1. The number of nitrogens with one attached hydrogen (secondary N) is 1. The van der Waals surface area contributed by atoms with Crippen LogP contribution in [0.3, 0.4) is 0 Å². The Bertz CT molecular complexity index is 349. The molecule has 0 aliphatic heterocycles. The van der Waals surface area contributed by atoms with Crippen LogP contribution >= 0.6 is 0 Å². The largest absolute Gasteiger partial charge is 0.503 e. The van der Waals surface area contributed by atoms with Gasteiger partial charge in [0.15, 0.2) is 17.4 Å². The Kier molecular flexibility index (Phi) is 5.31. The van der Waals surface area contributed by atoms with Crippen molar-refractivity contribution in [1.82, 2.24) is 5.32 Å². The number of aromatic hydroxyl groups is 1. The number of benzene rings is 1. The Morgan fingerprint density at radius 2 is 1.94 bits per heavy atom. The van der Waals surface area contributed by atoms with E-state index in [2.05, 4.69) is 5.32 Å². The molecule has 0 aliphatic rings. The van der Waals surface area contributed by atoms with Crippen molar-refractivity contribution in [2.45, 2.75) is 26.5 Å². The number of phenolic OH excluding ortho intramolecular Hbond substituents is 1. The van der Waals surface area contributed by atoms with Crippen molar-refractivity contribution in [3.63, 3.8) is 0 Å². The van der Waals surface area contributed by atoms with Crippen molar-refractivity contribution in [3.8, 4) is 5.75 Å². The molecule has 0 saturated heterocycles. The lowest BCUT2D eigenvalue weighted by molar-refractivity contribution is 0.0759. The van der Waals surface area contributed by atoms with Crippen molar-refractivity contribution >= 4 is 0 Å². The number of ether oxygens (including phenoxy) is 1. The van der Waals surface area contributed by atoms with Gasteiger partial charge in [0.1, 0.15) is 0 Å². The molecule has 0 aliphatic carbocycles. The lowest BCUT2D eigenvalue weighted by Gasteiger charge is -2.12. The molecule has 3 nitrogen and oxygen atoms in total. The molecule has 1 aromatic carbocycles. The maximum Gasteiger partial charge on any atom is 0.187 e. The van der Waals surface area contributed by atoms with Crippen LogP contribution in [0.5, 0.6) is 5.75 Å². The van der Waals surface area contributed by atoms with Crippen molar-refractivity contribution < 1.29 is 18.6 Å². The van der Waals surface area contributed by atoms with Gasteiger partial charge in [0, 0.05) is 19.7 Å². The van der Waals surface area contributed by atoms with E-state index in [9.17, 15) is 8.78 Å². The van der Waals surface area contributed by atoms with E-state index in [1.807, 2.05) is 13.8 Å². The summed E-state index contributed by atoms with van der Waals surface area (Å²) >= 11 is 0. The second kappa shape index (κ2) is 6.51. The molecule has 1 aromatic rings. The molecule has 1 rings (SSSR count). The van der Waals surface area contributed by atoms with Crippen LogP contribution in [0, 0.1) is 11.6 Å². The van der Waals surface area contributed by atoms with Gasteiger partial charge in [0.05, 0.1) is 6.10 Å². The Balaban J connectivity index is 2.47. The van der Waals surface area contributed by atoms with Gasteiger partial charge < -0.3 is 15.2 Å². The molecule has 1 atom stereocenters. The van der Waals surface area contributed by atoms with E-state index < -0.39 is 17.4 Å². The third-order valence-corrected chi connectivity index (χ3v) is 2.29. The summed E-state index contributed by atoms with van der Waals surface area (Å²) in [6.45, 7) is 5.37. The molecule has 2 N–H and O–H groups in total. The Labute approximate surface area is 99.4 Å². The smallest absolute Gasteiger partial charge is 0.187 e. The zero-order valence-electron chi connectivity index (χ0n) is 9.96. The van der Waals surface area contributed by atoms with Gasteiger partial charge in [-0.05, 0) is 31.5 Å². The summed E-state index contributed by atoms with van der Waals surface area (Å²) in [6.07, 6.45) is 0.0480. The molecule has 0 bridgehead atoms. The molecule has 0 saturated carbocycles. The van der Waals surface area contributed by atoms with Gasteiger partial charge in [-0.15, -0.1) is 0 Å². The summed E-state index contributed by atoms with van der Waals surface area (Å²) in [6, 6.07) is 2.22. The zero-order valence-corrected chi connectivity index (χ0v) is 9.96. The van der Waals surface area contributed by atoms with Gasteiger partial charge >= 0.3 is 0 Å². The molecule has 0 aromatic heterocycles. The first-order chi connectivity index (χ1) is 8.04. The number of halogens is 2. The summed E-state index contributed by atoms with van der Waals surface area (Å²) in [5.74, 6) is -2.82. The van der Waals surface area contributed by atoms with Crippen molar-refractivity contribution in [2.75, 3.05) is 13.2 Å². The van der Waals surface area contributed by atoms with Crippen LogP contribution in [0.15, 0.2) is 12.1 Å². The Morgan fingerprint density at radius 3 is 2.47 bits per heavy atom. The Hall–Kier alpha value is -1.20. The average Bonchev–Trinajstić information content (AvgIpc) is 2.26. The van der Waals surface area contributed by atoms with Crippen LogP contribution in [0.1, 0.15) is 19.4 Å². The molecule has 96 valence electrons. The third kappa shape index (κ3) is 4.28. The minimum Gasteiger partial charge on any atom is -0.503 e. The van der Waals surface area contributed by atoms with E-state index in [0.29, 0.717) is 25.3 Å². The number of hydrogen-bond acceptors (Lipinski definition) is 3. The van der Waals surface area contributed by atoms with Crippen molar-refractivity contribution in [2.24, 2.45) is 0 Å². The highest BCUT2D eigenvalue weighted by molar-refractivity contribution is 5.29.